The summed E-state index contributed by atoms with van der Waals surface area (Å²) in [6, 6.07) is 2.49. The van der Waals surface area contributed by atoms with Crippen molar-refractivity contribution in [2.24, 2.45) is 0 Å². The molecule has 0 saturated carbocycles. The van der Waals surface area contributed by atoms with Gasteiger partial charge in [0.15, 0.2) is 0 Å². The highest BCUT2D eigenvalue weighted by atomic mass is 15.3. The Hall–Kier alpha value is -1.20. The molecular formula is C15H27N5. The average Bonchev–Trinajstić information content (AvgIpc) is 2.53. The minimum atomic E-state index is 0.620. The van der Waals surface area contributed by atoms with Gasteiger partial charge in [-0.3, -0.25) is 4.90 Å². The quantitative estimate of drug-likeness (QED) is 0.815. The summed E-state index contributed by atoms with van der Waals surface area (Å²) in [7, 11) is 0. The Morgan fingerprint density at radius 2 is 1.85 bits per heavy atom. The van der Waals surface area contributed by atoms with Crippen LogP contribution in [0.4, 0.5) is 5.95 Å². The van der Waals surface area contributed by atoms with Crippen molar-refractivity contribution in [3.63, 3.8) is 0 Å². The number of hydrogen-bond donors (Lipinski definition) is 1. The summed E-state index contributed by atoms with van der Waals surface area (Å²) in [5.41, 5.74) is 0. The summed E-state index contributed by atoms with van der Waals surface area (Å²) in [6.07, 6.45) is 6.03. The lowest BCUT2D eigenvalue weighted by Gasteiger charge is -2.36. The number of hydrogen-bond acceptors (Lipinski definition) is 5. The van der Waals surface area contributed by atoms with E-state index in [1.54, 1.807) is 0 Å². The first-order chi connectivity index (χ1) is 9.83. The third-order valence-electron chi connectivity index (χ3n) is 3.86. The van der Waals surface area contributed by atoms with Crippen molar-refractivity contribution in [1.29, 1.82) is 0 Å². The minimum absolute atomic E-state index is 0.620. The molecular weight excluding hydrogens is 250 g/mol. The second kappa shape index (κ2) is 8.17. The van der Waals surface area contributed by atoms with Crippen LogP contribution in [-0.4, -0.2) is 60.2 Å². The van der Waals surface area contributed by atoms with Crippen LogP contribution in [0.2, 0.25) is 0 Å². The van der Waals surface area contributed by atoms with Gasteiger partial charge in [-0.15, -0.1) is 0 Å². The van der Waals surface area contributed by atoms with E-state index in [9.17, 15) is 0 Å². The highest BCUT2D eigenvalue weighted by Gasteiger charge is 2.20. The fourth-order valence-electron chi connectivity index (χ4n) is 2.58. The Kier molecular flexibility index (Phi) is 6.21. The van der Waals surface area contributed by atoms with E-state index in [1.807, 2.05) is 18.5 Å². The van der Waals surface area contributed by atoms with Crippen LogP contribution in [0.25, 0.3) is 0 Å². The largest absolute Gasteiger partial charge is 0.338 e. The van der Waals surface area contributed by atoms with E-state index in [0.717, 1.165) is 45.2 Å². The van der Waals surface area contributed by atoms with Gasteiger partial charge in [0, 0.05) is 51.2 Å². The van der Waals surface area contributed by atoms with Crippen molar-refractivity contribution in [1.82, 2.24) is 20.2 Å². The third kappa shape index (κ3) is 4.42. The van der Waals surface area contributed by atoms with Crippen LogP contribution in [0.3, 0.4) is 0 Å². The number of rotatable bonds is 7. The molecule has 1 N–H and O–H groups in total. The zero-order chi connectivity index (χ0) is 14.2. The molecule has 0 aromatic carbocycles. The summed E-state index contributed by atoms with van der Waals surface area (Å²) < 4.78 is 0. The second-order valence-corrected chi connectivity index (χ2v) is 5.40. The second-order valence-electron chi connectivity index (χ2n) is 5.40. The molecule has 1 fully saturated rings. The van der Waals surface area contributed by atoms with Crippen molar-refractivity contribution in [3.8, 4) is 0 Å². The van der Waals surface area contributed by atoms with Gasteiger partial charge in [0.2, 0.25) is 5.95 Å². The SMILES string of the molecule is CCCNC(CC)CN1CCN(c2ncccn2)CC1. The van der Waals surface area contributed by atoms with Crippen LogP contribution < -0.4 is 10.2 Å². The lowest BCUT2D eigenvalue weighted by molar-refractivity contribution is 0.225. The van der Waals surface area contributed by atoms with Crippen LogP contribution in [-0.2, 0) is 0 Å². The highest BCUT2D eigenvalue weighted by molar-refractivity contribution is 5.29. The first kappa shape index (κ1) is 15.2. The maximum Gasteiger partial charge on any atom is 0.225 e. The normalized spacial score (nSPS) is 18.2. The molecule has 0 amide bonds. The summed E-state index contributed by atoms with van der Waals surface area (Å²) in [4.78, 5) is 13.5. The van der Waals surface area contributed by atoms with Gasteiger partial charge in [-0.2, -0.15) is 0 Å². The van der Waals surface area contributed by atoms with Crippen LogP contribution in [0.5, 0.6) is 0 Å². The molecule has 20 heavy (non-hydrogen) atoms. The molecule has 2 heterocycles. The van der Waals surface area contributed by atoms with E-state index in [0.29, 0.717) is 6.04 Å². The van der Waals surface area contributed by atoms with Gasteiger partial charge >= 0.3 is 0 Å². The molecule has 0 spiro atoms. The first-order valence-corrected chi connectivity index (χ1v) is 7.81. The van der Waals surface area contributed by atoms with Crippen molar-refractivity contribution in [3.05, 3.63) is 18.5 Å². The maximum absolute atomic E-state index is 4.33. The molecule has 112 valence electrons. The van der Waals surface area contributed by atoms with E-state index in [-0.39, 0.29) is 0 Å². The Morgan fingerprint density at radius 3 is 2.45 bits per heavy atom. The third-order valence-corrected chi connectivity index (χ3v) is 3.86. The Morgan fingerprint density at radius 1 is 1.15 bits per heavy atom. The molecule has 0 aliphatic carbocycles. The molecule has 1 aromatic rings. The summed E-state index contributed by atoms with van der Waals surface area (Å²) in [5.74, 6) is 0.864. The Labute approximate surface area is 122 Å². The number of piperazine rings is 1. The van der Waals surface area contributed by atoms with Gasteiger partial charge in [0.25, 0.3) is 0 Å². The summed E-state index contributed by atoms with van der Waals surface area (Å²) in [5, 5.41) is 3.63. The van der Waals surface area contributed by atoms with Crippen LogP contribution in [0.15, 0.2) is 18.5 Å². The Balaban J connectivity index is 1.76. The van der Waals surface area contributed by atoms with Gasteiger partial charge in [-0.05, 0) is 25.5 Å². The number of aromatic nitrogens is 2. The predicted octanol–water partition coefficient (Wildman–Crippen LogP) is 1.38. The molecule has 5 nitrogen and oxygen atoms in total. The van der Waals surface area contributed by atoms with Gasteiger partial charge < -0.3 is 10.2 Å². The molecule has 1 aromatic heterocycles. The minimum Gasteiger partial charge on any atom is -0.338 e. The lowest BCUT2D eigenvalue weighted by atomic mass is 10.2. The lowest BCUT2D eigenvalue weighted by Crippen LogP contribution is -2.51. The Bertz CT molecular complexity index is 362. The standard InChI is InChI=1S/C15H27N5/c1-3-6-16-14(4-2)13-19-9-11-20(12-10-19)15-17-7-5-8-18-15/h5,7-8,14,16H,3-4,6,9-13H2,1-2H3. The van der Waals surface area contributed by atoms with Crippen molar-refractivity contribution < 1.29 is 0 Å². The number of nitrogens with one attached hydrogen (secondary N) is 1. The molecule has 2 rings (SSSR count). The molecule has 0 bridgehead atoms. The van der Waals surface area contributed by atoms with Gasteiger partial charge in [-0.1, -0.05) is 13.8 Å². The fraction of sp³-hybridized carbons (Fsp3) is 0.733. The zero-order valence-corrected chi connectivity index (χ0v) is 12.8. The van der Waals surface area contributed by atoms with Crippen molar-refractivity contribution in [2.45, 2.75) is 32.7 Å². The maximum atomic E-state index is 4.33. The van der Waals surface area contributed by atoms with Gasteiger partial charge in [-0.25, -0.2) is 9.97 Å². The van der Waals surface area contributed by atoms with E-state index < -0.39 is 0 Å². The predicted molar refractivity (Wildman–Crippen MR) is 83.1 cm³/mol. The molecule has 1 saturated heterocycles. The highest BCUT2D eigenvalue weighted by Crippen LogP contribution is 2.10. The monoisotopic (exact) mass is 277 g/mol. The number of nitrogens with zero attached hydrogens (tertiary/aromatic N) is 4. The van der Waals surface area contributed by atoms with Crippen LogP contribution in [0.1, 0.15) is 26.7 Å². The smallest absolute Gasteiger partial charge is 0.225 e. The molecule has 1 aliphatic heterocycles. The number of anilines is 1. The fourth-order valence-corrected chi connectivity index (χ4v) is 2.58. The van der Waals surface area contributed by atoms with Crippen LogP contribution in [0, 0.1) is 0 Å². The molecule has 1 aliphatic rings. The van der Waals surface area contributed by atoms with Crippen LogP contribution >= 0.6 is 0 Å². The van der Waals surface area contributed by atoms with Gasteiger partial charge in [0.1, 0.15) is 0 Å². The summed E-state index contributed by atoms with van der Waals surface area (Å²) in [6.45, 7) is 11.0. The van der Waals surface area contributed by atoms with E-state index in [2.05, 4.69) is 38.9 Å². The van der Waals surface area contributed by atoms with E-state index >= 15 is 0 Å². The molecule has 5 heteroatoms. The zero-order valence-electron chi connectivity index (χ0n) is 12.8. The first-order valence-electron chi connectivity index (χ1n) is 7.81. The molecule has 1 atom stereocenters. The topological polar surface area (TPSA) is 44.3 Å². The van der Waals surface area contributed by atoms with E-state index in [1.165, 1.54) is 12.8 Å². The van der Waals surface area contributed by atoms with E-state index in [4.69, 9.17) is 0 Å². The summed E-state index contributed by atoms with van der Waals surface area (Å²) >= 11 is 0. The van der Waals surface area contributed by atoms with Crippen molar-refractivity contribution in [2.75, 3.05) is 44.2 Å². The molecule has 0 radical (unpaired) electrons. The average molecular weight is 277 g/mol. The molecule has 1 unspecified atom stereocenters. The van der Waals surface area contributed by atoms with Gasteiger partial charge in [0.05, 0.1) is 0 Å². The van der Waals surface area contributed by atoms with Crippen molar-refractivity contribution >= 4 is 5.95 Å².